The second kappa shape index (κ2) is 5.61. The van der Waals surface area contributed by atoms with Crippen LogP contribution < -0.4 is 5.32 Å². The molecule has 0 aliphatic heterocycles. The fourth-order valence-electron chi connectivity index (χ4n) is 2.00. The van der Waals surface area contributed by atoms with Gasteiger partial charge in [-0.15, -0.1) is 11.3 Å². The van der Waals surface area contributed by atoms with Crippen molar-refractivity contribution in [1.82, 2.24) is 19.9 Å². The van der Waals surface area contributed by atoms with E-state index >= 15 is 0 Å². The van der Waals surface area contributed by atoms with Crippen molar-refractivity contribution in [3.63, 3.8) is 0 Å². The number of carbonyl (C=O) groups excluding carboxylic acids is 1. The fourth-order valence-corrected chi connectivity index (χ4v) is 2.95. The van der Waals surface area contributed by atoms with Gasteiger partial charge in [0.25, 0.3) is 5.91 Å². The maximum atomic E-state index is 13.1. The van der Waals surface area contributed by atoms with Gasteiger partial charge in [-0.2, -0.15) is 0 Å². The number of amides is 1. The Morgan fingerprint density at radius 1 is 1.48 bits per heavy atom. The van der Waals surface area contributed by atoms with Crippen molar-refractivity contribution in [3.8, 4) is 0 Å². The molecule has 3 aromatic rings. The first-order chi connectivity index (χ1) is 10.1. The fraction of sp³-hybridized carbons (Fsp3) is 0.214. The van der Waals surface area contributed by atoms with Crippen LogP contribution in [-0.4, -0.2) is 27.0 Å². The van der Waals surface area contributed by atoms with Crippen LogP contribution in [0, 0.1) is 5.82 Å². The van der Waals surface area contributed by atoms with Crippen LogP contribution in [0.1, 0.15) is 15.6 Å². The number of rotatable bonds is 4. The lowest BCUT2D eigenvalue weighted by molar-refractivity contribution is 0.0940. The molecule has 2 heterocycles. The largest absolute Gasteiger partial charge is 0.349 e. The van der Waals surface area contributed by atoms with Crippen molar-refractivity contribution in [2.45, 2.75) is 6.42 Å². The van der Waals surface area contributed by atoms with Crippen molar-refractivity contribution in [2.75, 3.05) is 6.54 Å². The number of imidazole rings is 1. The van der Waals surface area contributed by atoms with Crippen LogP contribution in [0.15, 0.2) is 30.6 Å². The number of benzene rings is 1. The molecule has 5 nitrogen and oxygen atoms in total. The number of halogens is 1. The summed E-state index contributed by atoms with van der Waals surface area (Å²) in [6.45, 7) is 0.466. The summed E-state index contributed by atoms with van der Waals surface area (Å²) in [6.07, 6.45) is 3.91. The van der Waals surface area contributed by atoms with E-state index in [2.05, 4.69) is 15.3 Å². The molecule has 1 N–H and O–H groups in total. The van der Waals surface area contributed by atoms with Crippen molar-refractivity contribution < 1.29 is 9.18 Å². The average Bonchev–Trinajstić information content (AvgIpc) is 3.04. The van der Waals surface area contributed by atoms with E-state index in [4.69, 9.17) is 0 Å². The van der Waals surface area contributed by atoms with E-state index in [0.29, 0.717) is 24.3 Å². The molecule has 1 amide bonds. The van der Waals surface area contributed by atoms with E-state index in [1.807, 2.05) is 0 Å². The third-order valence-corrected chi connectivity index (χ3v) is 4.14. The summed E-state index contributed by atoms with van der Waals surface area (Å²) in [7, 11) is 1.77. The van der Waals surface area contributed by atoms with Gasteiger partial charge in [-0.25, -0.2) is 14.4 Å². The van der Waals surface area contributed by atoms with Gasteiger partial charge in [-0.3, -0.25) is 4.79 Å². The van der Waals surface area contributed by atoms with Crippen LogP contribution in [0.2, 0.25) is 0 Å². The Morgan fingerprint density at radius 2 is 2.33 bits per heavy atom. The molecule has 7 heteroatoms. The summed E-state index contributed by atoms with van der Waals surface area (Å²) in [5, 5.41) is 3.67. The quantitative estimate of drug-likeness (QED) is 0.803. The third-order valence-electron chi connectivity index (χ3n) is 3.04. The van der Waals surface area contributed by atoms with Gasteiger partial charge < -0.3 is 9.88 Å². The lowest BCUT2D eigenvalue weighted by atomic mass is 10.3. The van der Waals surface area contributed by atoms with Gasteiger partial charge in [0.05, 0.1) is 15.2 Å². The number of nitrogens with one attached hydrogen (secondary N) is 1. The van der Waals surface area contributed by atoms with Gasteiger partial charge in [-0.1, -0.05) is 0 Å². The first kappa shape index (κ1) is 13.7. The summed E-state index contributed by atoms with van der Waals surface area (Å²) in [5.74, 6) is -0.126. The predicted octanol–water partition coefficient (Wildman–Crippen LogP) is 2.14. The smallest absolute Gasteiger partial charge is 0.287 e. The molecule has 21 heavy (non-hydrogen) atoms. The minimum atomic E-state index is -0.289. The molecule has 0 spiro atoms. The van der Waals surface area contributed by atoms with Crippen LogP contribution in [0.5, 0.6) is 0 Å². The van der Waals surface area contributed by atoms with E-state index in [1.54, 1.807) is 30.1 Å². The van der Waals surface area contributed by atoms with Crippen molar-refractivity contribution in [2.24, 2.45) is 7.05 Å². The number of thiazole rings is 1. The van der Waals surface area contributed by atoms with E-state index in [9.17, 15) is 9.18 Å². The van der Waals surface area contributed by atoms with E-state index in [0.717, 1.165) is 9.71 Å². The number of nitrogens with zero attached hydrogens (tertiary/aromatic N) is 3. The van der Waals surface area contributed by atoms with Crippen LogP contribution in [0.4, 0.5) is 4.39 Å². The summed E-state index contributed by atoms with van der Waals surface area (Å²) >= 11 is 1.51. The molecule has 0 aliphatic rings. The van der Waals surface area contributed by atoms with Gasteiger partial charge in [-0.05, 0) is 12.1 Å². The highest BCUT2D eigenvalue weighted by atomic mass is 32.1. The van der Waals surface area contributed by atoms with Gasteiger partial charge in [0, 0.05) is 38.5 Å². The maximum absolute atomic E-state index is 13.1. The van der Waals surface area contributed by atoms with Gasteiger partial charge in [0.2, 0.25) is 0 Å². The topological polar surface area (TPSA) is 59.8 Å². The van der Waals surface area contributed by atoms with E-state index < -0.39 is 0 Å². The SMILES string of the molecule is Cn1ccnc1C(=O)NCCc1nc2cc(F)ccc2s1. The average molecular weight is 304 g/mol. The molecular formula is C14H13FN4OS. The molecule has 3 rings (SSSR count). The number of aryl methyl sites for hydroxylation is 1. The highest BCUT2D eigenvalue weighted by Crippen LogP contribution is 2.22. The van der Waals surface area contributed by atoms with Gasteiger partial charge >= 0.3 is 0 Å². The molecule has 108 valence electrons. The van der Waals surface area contributed by atoms with Gasteiger partial charge in [0.15, 0.2) is 5.82 Å². The second-order valence-corrected chi connectivity index (χ2v) is 5.70. The third kappa shape index (κ3) is 2.92. The molecular weight excluding hydrogens is 291 g/mol. The summed E-state index contributed by atoms with van der Waals surface area (Å²) in [4.78, 5) is 20.2. The number of hydrogen-bond donors (Lipinski definition) is 1. The Morgan fingerprint density at radius 3 is 3.10 bits per heavy atom. The maximum Gasteiger partial charge on any atom is 0.287 e. The van der Waals surface area contributed by atoms with Crippen LogP contribution in [0.3, 0.4) is 0 Å². The van der Waals surface area contributed by atoms with E-state index in [-0.39, 0.29) is 11.7 Å². The van der Waals surface area contributed by atoms with Crippen LogP contribution in [-0.2, 0) is 13.5 Å². The highest BCUT2D eigenvalue weighted by molar-refractivity contribution is 7.18. The molecule has 0 bridgehead atoms. The molecule has 0 radical (unpaired) electrons. The van der Waals surface area contributed by atoms with Crippen molar-refractivity contribution in [1.29, 1.82) is 0 Å². The van der Waals surface area contributed by atoms with Crippen LogP contribution in [0.25, 0.3) is 10.2 Å². The Hall–Kier alpha value is -2.28. The standard InChI is InChI=1S/C14H13FN4OS/c1-19-7-6-16-13(19)14(20)17-5-4-12-18-10-8-9(15)2-3-11(10)21-12/h2-3,6-8H,4-5H2,1H3,(H,17,20). The molecule has 0 fully saturated rings. The summed E-state index contributed by atoms with van der Waals surface area (Å²) < 4.78 is 15.7. The molecule has 1 aromatic carbocycles. The Kier molecular flexibility index (Phi) is 3.66. The summed E-state index contributed by atoms with van der Waals surface area (Å²) in [5.41, 5.74) is 0.658. The molecule has 2 aromatic heterocycles. The normalized spacial score (nSPS) is 11.0. The Bertz CT molecular complexity index is 795. The zero-order chi connectivity index (χ0) is 14.8. The molecule has 0 saturated carbocycles. The number of hydrogen-bond acceptors (Lipinski definition) is 4. The first-order valence-corrected chi connectivity index (χ1v) is 7.25. The van der Waals surface area contributed by atoms with Gasteiger partial charge in [0.1, 0.15) is 5.82 Å². The van der Waals surface area contributed by atoms with Crippen LogP contribution >= 0.6 is 11.3 Å². The lowest BCUT2D eigenvalue weighted by Crippen LogP contribution is -2.28. The zero-order valence-corrected chi connectivity index (χ0v) is 12.2. The lowest BCUT2D eigenvalue weighted by Gasteiger charge is -2.03. The zero-order valence-electron chi connectivity index (χ0n) is 11.3. The Labute approximate surface area is 124 Å². The monoisotopic (exact) mass is 304 g/mol. The minimum Gasteiger partial charge on any atom is -0.349 e. The Balaban J connectivity index is 1.62. The number of aromatic nitrogens is 3. The van der Waals surface area contributed by atoms with E-state index in [1.165, 1.54) is 23.5 Å². The molecule has 0 unspecified atom stereocenters. The first-order valence-electron chi connectivity index (χ1n) is 6.44. The summed E-state index contributed by atoms with van der Waals surface area (Å²) in [6, 6.07) is 4.56. The molecule has 0 atom stereocenters. The number of fused-ring (bicyclic) bond motifs is 1. The second-order valence-electron chi connectivity index (χ2n) is 4.59. The highest BCUT2D eigenvalue weighted by Gasteiger charge is 2.10. The number of carbonyl (C=O) groups is 1. The molecule has 0 aliphatic carbocycles. The predicted molar refractivity (Wildman–Crippen MR) is 78.8 cm³/mol. The van der Waals surface area contributed by atoms with Crippen molar-refractivity contribution in [3.05, 3.63) is 47.2 Å². The minimum absolute atomic E-state index is 0.213. The molecule has 0 saturated heterocycles. The van der Waals surface area contributed by atoms with Crippen molar-refractivity contribution >= 4 is 27.5 Å².